The Morgan fingerprint density at radius 3 is 2.88 bits per heavy atom. The molecule has 0 aliphatic carbocycles. The van der Waals surface area contributed by atoms with Crippen LogP contribution in [0.2, 0.25) is 0 Å². The number of fused-ring (bicyclic) bond motifs is 2. The van der Waals surface area contributed by atoms with Gasteiger partial charge >= 0.3 is 0 Å². The maximum atomic E-state index is 12.7. The highest BCUT2D eigenvalue weighted by atomic mass is 35.5. The quantitative estimate of drug-likeness (QED) is 0.608. The van der Waals surface area contributed by atoms with Crippen LogP contribution in [0, 0.1) is 6.92 Å². The summed E-state index contributed by atoms with van der Waals surface area (Å²) in [6.07, 6.45) is 5.51. The highest BCUT2D eigenvalue weighted by Gasteiger charge is 2.24. The number of aryl methyl sites for hydroxylation is 1. The Bertz CT molecular complexity index is 963. The van der Waals surface area contributed by atoms with E-state index in [0.717, 1.165) is 21.9 Å². The van der Waals surface area contributed by atoms with E-state index < -0.39 is 0 Å². The molecular weight excluding hydrogens is 322 g/mol. The minimum atomic E-state index is 0. The van der Waals surface area contributed by atoms with Gasteiger partial charge < -0.3 is 4.74 Å². The number of ether oxygens (including phenoxy) is 1. The van der Waals surface area contributed by atoms with Crippen LogP contribution in [0.1, 0.15) is 21.5 Å². The lowest BCUT2D eigenvalue weighted by atomic mass is 9.96. The second kappa shape index (κ2) is 6.46. The molecule has 0 saturated carbocycles. The van der Waals surface area contributed by atoms with Gasteiger partial charge in [-0.15, -0.1) is 12.4 Å². The van der Waals surface area contributed by atoms with Gasteiger partial charge in [0.25, 0.3) is 0 Å². The number of aromatic nitrogens is 1. The molecule has 2 aromatic carbocycles. The highest BCUT2D eigenvalue weighted by molar-refractivity contribution is 6.14. The number of nitrogens with zero attached hydrogens (tertiary/aromatic N) is 1. The Morgan fingerprint density at radius 2 is 2.00 bits per heavy atom. The summed E-state index contributed by atoms with van der Waals surface area (Å²) in [5.41, 5.74) is 3.31. The number of benzene rings is 2. The van der Waals surface area contributed by atoms with Crippen LogP contribution in [-0.4, -0.2) is 17.4 Å². The third-order valence-electron chi connectivity index (χ3n) is 4.13. The van der Waals surface area contributed by atoms with E-state index in [2.05, 4.69) is 11.1 Å². The molecule has 0 atom stereocenters. The van der Waals surface area contributed by atoms with Crippen molar-refractivity contribution in [2.75, 3.05) is 6.61 Å². The van der Waals surface area contributed by atoms with Crippen molar-refractivity contribution in [3.05, 3.63) is 77.1 Å². The average molecular weight is 338 g/mol. The van der Waals surface area contributed by atoms with Gasteiger partial charge in [0.05, 0.1) is 5.56 Å². The minimum absolute atomic E-state index is 0. The molecule has 120 valence electrons. The van der Waals surface area contributed by atoms with Crippen LogP contribution < -0.4 is 4.74 Å². The molecule has 0 unspecified atom stereocenters. The smallest absolute Gasteiger partial charge is 0.196 e. The van der Waals surface area contributed by atoms with Gasteiger partial charge in [0.2, 0.25) is 0 Å². The van der Waals surface area contributed by atoms with E-state index in [4.69, 9.17) is 4.74 Å². The van der Waals surface area contributed by atoms with Gasteiger partial charge in [0.1, 0.15) is 12.4 Å². The van der Waals surface area contributed by atoms with Crippen molar-refractivity contribution in [2.45, 2.75) is 6.92 Å². The molecule has 1 aliphatic rings. The van der Waals surface area contributed by atoms with E-state index in [9.17, 15) is 4.79 Å². The SMILES string of the molecule is Cc1cccc2c1OC/C(=C\c1ccc3cnccc3c1)C2=O.Cl. The summed E-state index contributed by atoms with van der Waals surface area (Å²) in [5.74, 6) is 0.754. The number of ketones is 1. The predicted molar refractivity (Wildman–Crippen MR) is 98.0 cm³/mol. The van der Waals surface area contributed by atoms with Gasteiger partial charge in [-0.2, -0.15) is 0 Å². The zero-order chi connectivity index (χ0) is 15.8. The largest absolute Gasteiger partial charge is 0.488 e. The molecule has 0 fully saturated rings. The maximum Gasteiger partial charge on any atom is 0.196 e. The van der Waals surface area contributed by atoms with E-state index in [1.54, 1.807) is 6.20 Å². The Labute approximate surface area is 146 Å². The van der Waals surface area contributed by atoms with Crippen molar-refractivity contribution in [2.24, 2.45) is 0 Å². The lowest BCUT2D eigenvalue weighted by Gasteiger charge is -2.20. The fourth-order valence-electron chi connectivity index (χ4n) is 2.91. The monoisotopic (exact) mass is 337 g/mol. The fourth-order valence-corrected chi connectivity index (χ4v) is 2.91. The highest BCUT2D eigenvalue weighted by Crippen LogP contribution is 2.31. The number of carbonyl (C=O) groups is 1. The molecule has 4 heteroatoms. The van der Waals surface area contributed by atoms with Gasteiger partial charge in [0, 0.05) is 23.4 Å². The summed E-state index contributed by atoms with van der Waals surface area (Å²) in [6.45, 7) is 2.27. The van der Waals surface area contributed by atoms with E-state index in [0.29, 0.717) is 23.5 Å². The minimum Gasteiger partial charge on any atom is -0.488 e. The normalized spacial score (nSPS) is 14.9. The Kier molecular flexibility index (Phi) is 4.36. The van der Waals surface area contributed by atoms with Crippen molar-refractivity contribution >= 4 is 35.0 Å². The molecule has 3 nitrogen and oxygen atoms in total. The van der Waals surface area contributed by atoms with Crippen molar-refractivity contribution in [3.8, 4) is 5.75 Å². The first-order valence-corrected chi connectivity index (χ1v) is 7.54. The van der Waals surface area contributed by atoms with Crippen LogP contribution in [0.15, 0.2) is 60.4 Å². The van der Waals surface area contributed by atoms with Gasteiger partial charge in [-0.25, -0.2) is 0 Å². The van der Waals surface area contributed by atoms with Crippen molar-refractivity contribution < 1.29 is 9.53 Å². The third-order valence-corrected chi connectivity index (χ3v) is 4.13. The number of para-hydroxylation sites is 1. The molecule has 0 amide bonds. The van der Waals surface area contributed by atoms with Crippen molar-refractivity contribution in [3.63, 3.8) is 0 Å². The van der Waals surface area contributed by atoms with Crippen LogP contribution >= 0.6 is 12.4 Å². The Balaban J connectivity index is 0.00000169. The van der Waals surface area contributed by atoms with Crippen molar-refractivity contribution in [1.82, 2.24) is 4.98 Å². The summed E-state index contributed by atoms with van der Waals surface area (Å²) >= 11 is 0. The van der Waals surface area contributed by atoms with Gasteiger partial charge in [-0.05, 0) is 47.7 Å². The Morgan fingerprint density at radius 1 is 1.12 bits per heavy atom. The molecule has 4 rings (SSSR count). The lowest BCUT2D eigenvalue weighted by Crippen LogP contribution is -2.19. The standard InChI is InChI=1S/C20H15NO2.ClH/c1-13-3-2-4-18-19(22)17(12-23-20(13)18)10-14-5-6-16-11-21-8-7-15(16)9-14;/h2-11H,12H2,1H3;1H/b17-10+;. The number of hydrogen-bond acceptors (Lipinski definition) is 3. The zero-order valence-corrected chi connectivity index (χ0v) is 14.0. The van der Waals surface area contributed by atoms with Gasteiger partial charge in [-0.3, -0.25) is 9.78 Å². The number of halogens is 1. The van der Waals surface area contributed by atoms with Crippen LogP contribution in [-0.2, 0) is 0 Å². The summed E-state index contributed by atoms with van der Waals surface area (Å²) in [4.78, 5) is 16.8. The van der Waals surface area contributed by atoms with Crippen LogP contribution in [0.5, 0.6) is 5.75 Å². The first-order chi connectivity index (χ1) is 11.2. The molecule has 0 radical (unpaired) electrons. The summed E-state index contributed by atoms with van der Waals surface area (Å²) in [6, 6.07) is 13.7. The predicted octanol–water partition coefficient (Wildman–Crippen LogP) is 4.62. The zero-order valence-electron chi connectivity index (χ0n) is 13.2. The molecule has 24 heavy (non-hydrogen) atoms. The molecule has 0 bridgehead atoms. The second-order valence-electron chi connectivity index (χ2n) is 5.72. The molecular formula is C20H16ClNO2. The molecule has 1 aliphatic heterocycles. The Hall–Kier alpha value is -2.65. The third kappa shape index (κ3) is 2.79. The van der Waals surface area contributed by atoms with Gasteiger partial charge in [0.15, 0.2) is 5.78 Å². The lowest BCUT2D eigenvalue weighted by molar-refractivity contribution is 0.100. The molecule has 0 saturated heterocycles. The van der Waals surface area contributed by atoms with E-state index in [1.165, 1.54) is 0 Å². The number of carbonyl (C=O) groups excluding carboxylic acids is 1. The number of hydrogen-bond donors (Lipinski definition) is 0. The number of rotatable bonds is 1. The van der Waals surface area contributed by atoms with E-state index >= 15 is 0 Å². The average Bonchev–Trinajstić information content (AvgIpc) is 2.58. The summed E-state index contributed by atoms with van der Waals surface area (Å²) < 4.78 is 5.80. The number of Topliss-reactive ketones (excluding diaryl/α,β-unsaturated/α-hetero) is 1. The van der Waals surface area contributed by atoms with E-state index in [-0.39, 0.29) is 18.2 Å². The summed E-state index contributed by atoms with van der Waals surface area (Å²) in [7, 11) is 0. The maximum absolute atomic E-state index is 12.7. The second-order valence-corrected chi connectivity index (χ2v) is 5.72. The van der Waals surface area contributed by atoms with E-state index in [1.807, 2.05) is 55.6 Å². The number of pyridine rings is 1. The summed E-state index contributed by atoms with van der Waals surface area (Å²) in [5, 5.41) is 2.19. The molecule has 0 spiro atoms. The topological polar surface area (TPSA) is 39.2 Å². The fraction of sp³-hybridized carbons (Fsp3) is 0.100. The molecule has 2 heterocycles. The van der Waals surface area contributed by atoms with Crippen molar-refractivity contribution in [1.29, 1.82) is 0 Å². The molecule has 3 aromatic rings. The van der Waals surface area contributed by atoms with Gasteiger partial charge in [-0.1, -0.05) is 24.3 Å². The first kappa shape index (κ1) is 16.2. The first-order valence-electron chi connectivity index (χ1n) is 7.54. The molecule has 1 aromatic heterocycles. The molecule has 0 N–H and O–H groups in total. The van der Waals surface area contributed by atoms with Crippen LogP contribution in [0.4, 0.5) is 0 Å². The van der Waals surface area contributed by atoms with Crippen LogP contribution in [0.3, 0.4) is 0 Å². The van der Waals surface area contributed by atoms with Crippen LogP contribution in [0.25, 0.3) is 16.8 Å².